The molecule has 0 aliphatic carbocycles. The van der Waals surface area contributed by atoms with Crippen LogP contribution in [-0.4, -0.2) is 53.1 Å². The zero-order valence-electron chi connectivity index (χ0n) is 13.1. The summed E-state index contributed by atoms with van der Waals surface area (Å²) in [5, 5.41) is 0. The lowest BCUT2D eigenvalue weighted by molar-refractivity contribution is -0.138. The molecule has 3 rings (SSSR count). The van der Waals surface area contributed by atoms with Gasteiger partial charge in [0.1, 0.15) is 5.75 Å². The van der Waals surface area contributed by atoms with E-state index >= 15 is 0 Å². The molecule has 1 amide bonds. The molecule has 1 fully saturated rings. The summed E-state index contributed by atoms with van der Waals surface area (Å²) in [7, 11) is 0. The molecule has 120 valence electrons. The molecule has 1 saturated heterocycles. The minimum absolute atomic E-state index is 0.0162. The van der Waals surface area contributed by atoms with E-state index in [0.29, 0.717) is 24.8 Å². The van der Waals surface area contributed by atoms with Crippen LogP contribution in [0, 0.1) is 0 Å². The summed E-state index contributed by atoms with van der Waals surface area (Å²) in [6.07, 6.45) is 2.97. The first-order valence-corrected chi connectivity index (χ1v) is 7.76. The molecule has 0 N–H and O–H groups in total. The van der Waals surface area contributed by atoms with Crippen molar-refractivity contribution in [3.63, 3.8) is 0 Å². The second kappa shape index (κ2) is 7.09. The molecule has 1 aliphatic heterocycles. The molecule has 1 aromatic carbocycles. The quantitative estimate of drug-likeness (QED) is 0.858. The zero-order chi connectivity index (χ0) is 16.1. The van der Waals surface area contributed by atoms with Gasteiger partial charge < -0.3 is 14.5 Å². The number of hydrogen-bond acceptors (Lipinski definition) is 5. The van der Waals surface area contributed by atoms with Crippen molar-refractivity contribution in [1.82, 2.24) is 14.9 Å². The second-order valence-corrected chi connectivity index (χ2v) is 5.43. The summed E-state index contributed by atoms with van der Waals surface area (Å²) in [4.78, 5) is 24.9. The van der Waals surface area contributed by atoms with E-state index in [1.165, 1.54) is 0 Å². The van der Waals surface area contributed by atoms with Crippen molar-refractivity contribution in [3.8, 4) is 5.75 Å². The van der Waals surface area contributed by atoms with Crippen molar-refractivity contribution in [2.75, 3.05) is 31.1 Å². The van der Waals surface area contributed by atoms with Crippen LogP contribution in [0.1, 0.15) is 6.92 Å². The summed E-state index contributed by atoms with van der Waals surface area (Å²) in [6.45, 7) is 4.56. The average Bonchev–Trinajstić information content (AvgIpc) is 2.63. The van der Waals surface area contributed by atoms with E-state index in [4.69, 9.17) is 4.74 Å². The SMILES string of the molecule is C[C@@H](Oc1ccccc1)C(=O)N1CCN(c2ncccn2)CC1. The smallest absolute Gasteiger partial charge is 0.263 e. The van der Waals surface area contributed by atoms with Crippen LogP contribution in [0.25, 0.3) is 0 Å². The highest BCUT2D eigenvalue weighted by Crippen LogP contribution is 2.14. The first-order chi connectivity index (χ1) is 11.2. The molecular weight excluding hydrogens is 292 g/mol. The fourth-order valence-electron chi connectivity index (χ4n) is 2.59. The fourth-order valence-corrected chi connectivity index (χ4v) is 2.59. The number of aromatic nitrogens is 2. The highest BCUT2D eigenvalue weighted by molar-refractivity contribution is 5.81. The Morgan fingerprint density at radius 3 is 2.35 bits per heavy atom. The molecule has 1 aliphatic rings. The van der Waals surface area contributed by atoms with Crippen molar-refractivity contribution < 1.29 is 9.53 Å². The van der Waals surface area contributed by atoms with Gasteiger partial charge in [0, 0.05) is 38.6 Å². The average molecular weight is 312 g/mol. The van der Waals surface area contributed by atoms with Gasteiger partial charge in [-0.15, -0.1) is 0 Å². The Morgan fingerprint density at radius 2 is 1.70 bits per heavy atom. The van der Waals surface area contributed by atoms with Gasteiger partial charge in [-0.2, -0.15) is 0 Å². The van der Waals surface area contributed by atoms with Crippen LogP contribution in [-0.2, 0) is 4.79 Å². The van der Waals surface area contributed by atoms with E-state index in [1.807, 2.05) is 35.2 Å². The number of carbonyl (C=O) groups is 1. The maximum Gasteiger partial charge on any atom is 0.263 e. The fraction of sp³-hybridized carbons (Fsp3) is 0.353. The number of amides is 1. The van der Waals surface area contributed by atoms with E-state index in [2.05, 4.69) is 14.9 Å². The number of hydrogen-bond donors (Lipinski definition) is 0. The molecule has 0 radical (unpaired) electrons. The normalized spacial score (nSPS) is 16.0. The molecule has 1 atom stereocenters. The lowest BCUT2D eigenvalue weighted by Crippen LogP contribution is -2.52. The maximum atomic E-state index is 12.5. The Balaban J connectivity index is 1.54. The van der Waals surface area contributed by atoms with Gasteiger partial charge in [0.15, 0.2) is 6.10 Å². The number of rotatable bonds is 4. The predicted molar refractivity (Wildman–Crippen MR) is 87.4 cm³/mol. The van der Waals surface area contributed by atoms with E-state index in [0.717, 1.165) is 13.1 Å². The van der Waals surface area contributed by atoms with Gasteiger partial charge in [0.25, 0.3) is 5.91 Å². The van der Waals surface area contributed by atoms with Gasteiger partial charge in [-0.25, -0.2) is 9.97 Å². The Hall–Kier alpha value is -2.63. The van der Waals surface area contributed by atoms with Gasteiger partial charge in [0.05, 0.1) is 0 Å². The second-order valence-electron chi connectivity index (χ2n) is 5.43. The molecule has 0 spiro atoms. The molecule has 1 aromatic heterocycles. The monoisotopic (exact) mass is 312 g/mol. The predicted octanol–water partition coefficient (Wildman–Crippen LogP) is 1.59. The molecule has 0 saturated carbocycles. The van der Waals surface area contributed by atoms with E-state index in [9.17, 15) is 4.79 Å². The van der Waals surface area contributed by atoms with E-state index < -0.39 is 6.10 Å². The van der Waals surface area contributed by atoms with Crippen LogP contribution in [0.4, 0.5) is 5.95 Å². The largest absolute Gasteiger partial charge is 0.481 e. The summed E-state index contributed by atoms with van der Waals surface area (Å²) >= 11 is 0. The topological polar surface area (TPSA) is 58.6 Å². The maximum absolute atomic E-state index is 12.5. The van der Waals surface area contributed by atoms with Gasteiger partial charge in [0.2, 0.25) is 5.95 Å². The Labute approximate surface area is 135 Å². The number of benzene rings is 1. The van der Waals surface area contributed by atoms with Crippen molar-refractivity contribution in [2.24, 2.45) is 0 Å². The standard InChI is InChI=1S/C17H20N4O2/c1-14(23-15-6-3-2-4-7-15)16(22)20-10-12-21(13-11-20)17-18-8-5-9-19-17/h2-9,14H,10-13H2,1H3/t14-/m1/s1. The Kier molecular flexibility index (Phi) is 4.71. The first-order valence-electron chi connectivity index (χ1n) is 7.76. The number of carbonyl (C=O) groups excluding carboxylic acids is 1. The van der Waals surface area contributed by atoms with Crippen molar-refractivity contribution in [2.45, 2.75) is 13.0 Å². The summed E-state index contributed by atoms with van der Waals surface area (Å²) in [5.41, 5.74) is 0. The molecule has 2 aromatic rings. The molecule has 6 nitrogen and oxygen atoms in total. The third-order valence-corrected chi connectivity index (χ3v) is 3.83. The summed E-state index contributed by atoms with van der Waals surface area (Å²) in [5.74, 6) is 1.44. The van der Waals surface area contributed by atoms with Crippen molar-refractivity contribution in [3.05, 3.63) is 48.8 Å². The Bertz CT molecular complexity index is 628. The van der Waals surface area contributed by atoms with Gasteiger partial charge in [-0.3, -0.25) is 4.79 Å². The van der Waals surface area contributed by atoms with Crippen molar-refractivity contribution >= 4 is 11.9 Å². The number of anilines is 1. The Morgan fingerprint density at radius 1 is 1.04 bits per heavy atom. The minimum atomic E-state index is -0.489. The molecule has 6 heteroatoms. The van der Waals surface area contributed by atoms with Crippen LogP contribution in [0.2, 0.25) is 0 Å². The lowest BCUT2D eigenvalue weighted by Gasteiger charge is -2.35. The third kappa shape index (κ3) is 3.77. The molecule has 0 unspecified atom stereocenters. The van der Waals surface area contributed by atoms with Gasteiger partial charge in [-0.05, 0) is 25.1 Å². The van der Waals surface area contributed by atoms with Gasteiger partial charge >= 0.3 is 0 Å². The zero-order valence-corrected chi connectivity index (χ0v) is 13.1. The number of ether oxygens (including phenoxy) is 1. The molecule has 23 heavy (non-hydrogen) atoms. The number of nitrogens with zero attached hydrogens (tertiary/aromatic N) is 4. The van der Waals surface area contributed by atoms with Gasteiger partial charge in [-0.1, -0.05) is 18.2 Å². The number of piperazine rings is 1. The van der Waals surface area contributed by atoms with E-state index in [-0.39, 0.29) is 5.91 Å². The van der Waals surface area contributed by atoms with Crippen LogP contribution < -0.4 is 9.64 Å². The third-order valence-electron chi connectivity index (χ3n) is 3.83. The molecule has 2 heterocycles. The first kappa shape index (κ1) is 15.3. The summed E-state index contributed by atoms with van der Waals surface area (Å²) < 4.78 is 5.71. The highest BCUT2D eigenvalue weighted by Gasteiger charge is 2.26. The van der Waals surface area contributed by atoms with Crippen LogP contribution >= 0.6 is 0 Å². The minimum Gasteiger partial charge on any atom is -0.481 e. The lowest BCUT2D eigenvalue weighted by atomic mass is 10.2. The van der Waals surface area contributed by atoms with Crippen LogP contribution in [0.15, 0.2) is 48.8 Å². The molecular formula is C17H20N4O2. The van der Waals surface area contributed by atoms with E-state index in [1.54, 1.807) is 25.4 Å². The van der Waals surface area contributed by atoms with Crippen LogP contribution in [0.5, 0.6) is 5.75 Å². The summed E-state index contributed by atoms with van der Waals surface area (Å²) in [6, 6.07) is 11.2. The molecule has 0 bridgehead atoms. The van der Waals surface area contributed by atoms with Crippen LogP contribution in [0.3, 0.4) is 0 Å². The highest BCUT2D eigenvalue weighted by atomic mass is 16.5. The van der Waals surface area contributed by atoms with Crippen molar-refractivity contribution in [1.29, 1.82) is 0 Å². The number of para-hydroxylation sites is 1.